The highest BCUT2D eigenvalue weighted by Gasteiger charge is 2.62. The lowest BCUT2D eigenvalue weighted by atomic mass is 9.94. The van der Waals surface area contributed by atoms with Crippen LogP contribution in [0.2, 0.25) is 0 Å². The minimum atomic E-state index is -2.47. The Morgan fingerprint density at radius 2 is 1.50 bits per heavy atom. The molecule has 0 bridgehead atoms. The topological polar surface area (TPSA) is 89.5 Å². The molecule has 0 unspecified atom stereocenters. The van der Waals surface area contributed by atoms with Gasteiger partial charge in [0.05, 0.1) is 0 Å². The van der Waals surface area contributed by atoms with E-state index in [1.807, 2.05) is 0 Å². The zero-order valence-electron chi connectivity index (χ0n) is 12.9. The van der Waals surface area contributed by atoms with Crippen LogP contribution in [0.5, 0.6) is 0 Å². The molecular formula is C16H17NO5. The van der Waals surface area contributed by atoms with Crippen LogP contribution in [0.15, 0.2) is 24.3 Å². The Morgan fingerprint density at radius 1 is 1.05 bits per heavy atom. The van der Waals surface area contributed by atoms with Crippen molar-refractivity contribution in [2.75, 3.05) is 0 Å². The Labute approximate surface area is 127 Å². The van der Waals surface area contributed by atoms with Crippen molar-refractivity contribution < 1.29 is 23.9 Å². The predicted octanol–water partition coefficient (Wildman–Crippen LogP) is 1.28. The van der Waals surface area contributed by atoms with Gasteiger partial charge in [-0.25, -0.2) is 0 Å². The first-order valence-corrected chi connectivity index (χ1v) is 6.80. The van der Waals surface area contributed by atoms with E-state index in [4.69, 9.17) is 4.74 Å². The third-order valence-electron chi connectivity index (χ3n) is 3.16. The Bertz CT molecular complexity index is 649. The van der Waals surface area contributed by atoms with Crippen molar-refractivity contribution in [1.29, 1.82) is 0 Å². The van der Waals surface area contributed by atoms with Gasteiger partial charge in [0.1, 0.15) is 0 Å². The van der Waals surface area contributed by atoms with Gasteiger partial charge in [0.2, 0.25) is 11.6 Å². The van der Waals surface area contributed by atoms with E-state index in [-0.39, 0.29) is 11.1 Å². The Morgan fingerprint density at radius 3 is 1.86 bits per heavy atom. The van der Waals surface area contributed by atoms with Gasteiger partial charge in [0, 0.05) is 23.6 Å². The number of fused-ring (bicyclic) bond motifs is 1. The molecule has 22 heavy (non-hydrogen) atoms. The molecule has 0 radical (unpaired) electrons. The molecule has 2 rings (SSSR count). The molecule has 1 N–H and O–H groups in total. The summed E-state index contributed by atoms with van der Waals surface area (Å²) in [5.41, 5.74) is -3.00. The highest BCUT2D eigenvalue weighted by atomic mass is 16.6. The maximum absolute atomic E-state index is 12.6. The largest absolute Gasteiger partial charge is 0.432 e. The molecule has 116 valence electrons. The number of hydrogen-bond acceptors (Lipinski definition) is 5. The Balaban J connectivity index is 2.58. The second-order valence-electron chi connectivity index (χ2n) is 6.18. The van der Waals surface area contributed by atoms with Crippen molar-refractivity contribution in [3.8, 4) is 0 Å². The minimum Gasteiger partial charge on any atom is -0.432 e. The molecule has 0 saturated heterocycles. The fraction of sp³-hybridized carbons (Fsp3) is 0.375. The molecular weight excluding hydrogens is 286 g/mol. The summed E-state index contributed by atoms with van der Waals surface area (Å²) >= 11 is 0. The van der Waals surface area contributed by atoms with E-state index in [0.717, 1.165) is 6.92 Å². The maximum atomic E-state index is 12.6. The highest BCUT2D eigenvalue weighted by molar-refractivity contribution is 6.42. The average Bonchev–Trinajstić information content (AvgIpc) is 2.60. The van der Waals surface area contributed by atoms with Crippen LogP contribution in [0.1, 0.15) is 48.4 Å². The predicted molar refractivity (Wildman–Crippen MR) is 77.5 cm³/mol. The molecule has 0 spiro atoms. The van der Waals surface area contributed by atoms with Crippen molar-refractivity contribution in [2.24, 2.45) is 0 Å². The first kappa shape index (κ1) is 15.9. The van der Waals surface area contributed by atoms with Gasteiger partial charge in [-0.05, 0) is 20.8 Å². The molecule has 6 heteroatoms. The quantitative estimate of drug-likeness (QED) is 0.656. The van der Waals surface area contributed by atoms with Crippen molar-refractivity contribution in [3.05, 3.63) is 35.4 Å². The Hall–Kier alpha value is -2.50. The van der Waals surface area contributed by atoms with E-state index >= 15 is 0 Å². The number of Topliss-reactive ketones (excluding diaryl/α,β-unsaturated/α-hetero) is 2. The molecule has 0 aromatic heterocycles. The molecule has 1 amide bonds. The first-order valence-electron chi connectivity index (χ1n) is 6.80. The maximum Gasteiger partial charge on any atom is 0.313 e. The van der Waals surface area contributed by atoms with Crippen molar-refractivity contribution in [2.45, 2.75) is 38.8 Å². The fourth-order valence-corrected chi connectivity index (χ4v) is 2.35. The average molecular weight is 303 g/mol. The van der Waals surface area contributed by atoms with Gasteiger partial charge in [-0.1, -0.05) is 24.3 Å². The van der Waals surface area contributed by atoms with E-state index in [1.165, 1.54) is 12.1 Å². The van der Waals surface area contributed by atoms with E-state index in [0.29, 0.717) is 0 Å². The summed E-state index contributed by atoms with van der Waals surface area (Å²) < 4.78 is 4.96. The molecule has 0 saturated carbocycles. The van der Waals surface area contributed by atoms with Crippen molar-refractivity contribution >= 4 is 23.4 Å². The minimum absolute atomic E-state index is 0.0813. The Kier molecular flexibility index (Phi) is 3.64. The number of hydrogen-bond donors (Lipinski definition) is 1. The lowest BCUT2D eigenvalue weighted by Crippen LogP contribution is -2.60. The van der Waals surface area contributed by atoms with Crippen LogP contribution in [0.25, 0.3) is 0 Å². The van der Waals surface area contributed by atoms with Gasteiger partial charge in [-0.2, -0.15) is 0 Å². The summed E-state index contributed by atoms with van der Waals surface area (Å²) in [6.07, 6.45) is 0. The van der Waals surface area contributed by atoms with Crippen LogP contribution in [0.3, 0.4) is 0 Å². The van der Waals surface area contributed by atoms with Crippen molar-refractivity contribution in [3.63, 3.8) is 0 Å². The lowest BCUT2D eigenvalue weighted by molar-refractivity contribution is -0.157. The monoisotopic (exact) mass is 303 g/mol. The molecule has 1 aromatic carbocycles. The third-order valence-corrected chi connectivity index (χ3v) is 3.16. The zero-order valence-corrected chi connectivity index (χ0v) is 12.9. The van der Waals surface area contributed by atoms with Gasteiger partial charge in [0.15, 0.2) is 0 Å². The molecule has 0 aliphatic heterocycles. The molecule has 1 aromatic rings. The van der Waals surface area contributed by atoms with Gasteiger partial charge in [-0.15, -0.1) is 0 Å². The molecule has 1 aliphatic rings. The van der Waals surface area contributed by atoms with Crippen LogP contribution in [0, 0.1) is 0 Å². The number of carbonyl (C=O) groups is 4. The number of nitrogens with one attached hydrogen (secondary N) is 1. The van der Waals surface area contributed by atoms with E-state index in [1.54, 1.807) is 32.9 Å². The normalized spacial score (nSPS) is 16.2. The lowest BCUT2D eigenvalue weighted by Gasteiger charge is -2.29. The van der Waals surface area contributed by atoms with Crippen LogP contribution in [-0.4, -0.2) is 34.6 Å². The van der Waals surface area contributed by atoms with Crippen LogP contribution >= 0.6 is 0 Å². The fourth-order valence-electron chi connectivity index (χ4n) is 2.35. The van der Waals surface area contributed by atoms with Gasteiger partial charge in [-0.3, -0.25) is 19.2 Å². The summed E-state index contributed by atoms with van der Waals surface area (Å²) in [7, 11) is 0. The molecule has 6 nitrogen and oxygen atoms in total. The second-order valence-corrected chi connectivity index (χ2v) is 6.18. The smallest absolute Gasteiger partial charge is 0.313 e. The van der Waals surface area contributed by atoms with Gasteiger partial charge < -0.3 is 10.1 Å². The second kappa shape index (κ2) is 5.05. The summed E-state index contributed by atoms with van der Waals surface area (Å²) in [6, 6.07) is 6.03. The molecule has 0 atom stereocenters. The van der Waals surface area contributed by atoms with E-state index < -0.39 is 34.6 Å². The number of esters is 1. The SMILES string of the molecule is CC(=O)OC1(C(=O)NC(C)(C)C)C(=O)c2ccccc2C1=O. The van der Waals surface area contributed by atoms with E-state index in [2.05, 4.69) is 5.32 Å². The summed E-state index contributed by atoms with van der Waals surface area (Å²) in [4.78, 5) is 49.3. The number of benzene rings is 1. The molecule has 1 aliphatic carbocycles. The van der Waals surface area contributed by atoms with E-state index in [9.17, 15) is 19.2 Å². The number of ketones is 2. The van der Waals surface area contributed by atoms with Crippen LogP contribution in [0.4, 0.5) is 0 Å². The summed E-state index contributed by atoms with van der Waals surface area (Å²) in [5.74, 6) is -3.44. The molecule has 0 heterocycles. The summed E-state index contributed by atoms with van der Waals surface area (Å²) in [6.45, 7) is 6.14. The summed E-state index contributed by atoms with van der Waals surface area (Å²) in [5, 5.41) is 2.55. The van der Waals surface area contributed by atoms with Crippen LogP contribution < -0.4 is 5.32 Å². The van der Waals surface area contributed by atoms with Crippen LogP contribution in [-0.2, 0) is 14.3 Å². The van der Waals surface area contributed by atoms with Gasteiger partial charge in [0.25, 0.3) is 5.91 Å². The third kappa shape index (κ3) is 2.41. The van der Waals surface area contributed by atoms with Crippen molar-refractivity contribution in [1.82, 2.24) is 5.32 Å². The highest BCUT2D eigenvalue weighted by Crippen LogP contribution is 2.34. The number of ether oxygens (including phenoxy) is 1. The van der Waals surface area contributed by atoms with Gasteiger partial charge >= 0.3 is 11.6 Å². The standard InChI is InChI=1S/C16H17NO5/c1-9(18)22-16(14(21)17-15(2,3)4)12(19)10-7-5-6-8-11(10)13(16)20/h5-8H,1-4H3,(H,17,21). The number of rotatable bonds is 2. The number of carbonyl (C=O) groups excluding carboxylic acids is 4. The number of amides is 1. The molecule has 0 fully saturated rings. The zero-order chi connectivity index (χ0) is 16.7. The first-order chi connectivity index (χ1) is 10.1.